The molecule has 2 aromatic heterocycles. The van der Waals surface area contributed by atoms with Crippen molar-refractivity contribution in [2.45, 2.75) is 62.0 Å². The van der Waals surface area contributed by atoms with Crippen LogP contribution in [0.2, 0.25) is 0 Å². The molecular formula is C24H32N4O3S2. The van der Waals surface area contributed by atoms with Gasteiger partial charge < -0.3 is 20.2 Å². The van der Waals surface area contributed by atoms with Crippen molar-refractivity contribution in [1.82, 2.24) is 15.3 Å². The van der Waals surface area contributed by atoms with E-state index in [4.69, 9.17) is 9.52 Å². The standard InChI is InChI=1S/C24H32N4O3S2/c1-16(14-29)25-10-9-17-5-7-18(8-6-17)11-20(30)28-23-27-13-22(33-23)32-15-21-26-12-19(31-21)24(2,3)4/h5-8,12-13,16,25,29H,9-11,14-15H2,1-4H3,(H,27,28,30). The smallest absolute Gasteiger partial charge is 0.230 e. The number of anilines is 1. The summed E-state index contributed by atoms with van der Waals surface area (Å²) in [7, 11) is 0. The molecule has 7 nitrogen and oxygen atoms in total. The number of carbonyl (C=O) groups excluding carboxylic acids is 1. The molecule has 0 saturated carbocycles. The van der Waals surface area contributed by atoms with E-state index in [2.05, 4.69) is 41.4 Å². The number of thiazole rings is 1. The second kappa shape index (κ2) is 11.8. The molecule has 0 fully saturated rings. The molecule has 1 unspecified atom stereocenters. The van der Waals surface area contributed by atoms with E-state index < -0.39 is 0 Å². The molecule has 1 aromatic carbocycles. The summed E-state index contributed by atoms with van der Waals surface area (Å²) in [5.74, 6) is 2.09. The van der Waals surface area contributed by atoms with E-state index in [-0.39, 0.29) is 24.0 Å². The van der Waals surface area contributed by atoms with E-state index >= 15 is 0 Å². The molecule has 9 heteroatoms. The number of nitrogens with one attached hydrogen (secondary N) is 2. The third-order valence-electron chi connectivity index (χ3n) is 4.93. The Bertz CT molecular complexity index is 1030. The molecule has 0 aliphatic heterocycles. The van der Waals surface area contributed by atoms with Crippen LogP contribution in [0.4, 0.5) is 5.13 Å². The van der Waals surface area contributed by atoms with Crippen LogP contribution >= 0.6 is 23.1 Å². The number of benzene rings is 1. The normalized spacial score (nSPS) is 12.6. The summed E-state index contributed by atoms with van der Waals surface area (Å²) in [4.78, 5) is 21.1. The first-order chi connectivity index (χ1) is 15.7. The fraction of sp³-hybridized carbons (Fsp3) is 0.458. The number of aliphatic hydroxyl groups excluding tert-OH is 1. The largest absolute Gasteiger partial charge is 0.444 e. The zero-order chi connectivity index (χ0) is 23.8. The van der Waals surface area contributed by atoms with Crippen LogP contribution in [0.5, 0.6) is 0 Å². The predicted octanol–water partition coefficient (Wildman–Crippen LogP) is 4.42. The first-order valence-corrected chi connectivity index (χ1v) is 12.8. The first-order valence-electron chi connectivity index (χ1n) is 11.0. The number of rotatable bonds is 11. The number of carbonyl (C=O) groups is 1. The number of aliphatic hydroxyl groups is 1. The maximum atomic E-state index is 12.4. The van der Waals surface area contributed by atoms with Gasteiger partial charge >= 0.3 is 0 Å². The monoisotopic (exact) mass is 488 g/mol. The molecule has 1 atom stereocenters. The van der Waals surface area contributed by atoms with Gasteiger partial charge in [-0.1, -0.05) is 56.4 Å². The molecule has 3 N–H and O–H groups in total. The van der Waals surface area contributed by atoms with Gasteiger partial charge in [0, 0.05) is 11.5 Å². The lowest BCUT2D eigenvalue weighted by atomic mass is 9.94. The van der Waals surface area contributed by atoms with Crippen molar-refractivity contribution in [1.29, 1.82) is 0 Å². The van der Waals surface area contributed by atoms with Crippen LogP contribution in [0.3, 0.4) is 0 Å². The second-order valence-electron chi connectivity index (χ2n) is 8.97. The fourth-order valence-electron chi connectivity index (χ4n) is 2.94. The van der Waals surface area contributed by atoms with Gasteiger partial charge in [-0.15, -0.1) is 11.8 Å². The Morgan fingerprint density at radius 1 is 1.18 bits per heavy atom. The van der Waals surface area contributed by atoms with Crippen LogP contribution in [-0.2, 0) is 28.8 Å². The van der Waals surface area contributed by atoms with Gasteiger partial charge in [0.1, 0.15) is 5.76 Å². The lowest BCUT2D eigenvalue weighted by molar-refractivity contribution is -0.115. The summed E-state index contributed by atoms with van der Waals surface area (Å²) in [6.45, 7) is 9.17. The minimum Gasteiger partial charge on any atom is -0.444 e. The SMILES string of the molecule is CC(CO)NCCc1ccc(CC(=O)Nc2ncc(SCc3ncc(C(C)(C)C)o3)s2)cc1. The van der Waals surface area contributed by atoms with Crippen LogP contribution in [0.1, 0.15) is 50.5 Å². The maximum absolute atomic E-state index is 12.4. The van der Waals surface area contributed by atoms with Gasteiger partial charge in [0.2, 0.25) is 11.8 Å². The molecule has 2 heterocycles. The Hall–Kier alpha value is -2.20. The van der Waals surface area contributed by atoms with E-state index in [1.807, 2.05) is 31.2 Å². The number of amides is 1. The Balaban J connectivity index is 1.43. The highest BCUT2D eigenvalue weighted by Gasteiger charge is 2.19. The van der Waals surface area contributed by atoms with Crippen molar-refractivity contribution in [3.63, 3.8) is 0 Å². The zero-order valence-electron chi connectivity index (χ0n) is 19.6. The maximum Gasteiger partial charge on any atom is 0.230 e. The van der Waals surface area contributed by atoms with Crippen LogP contribution in [0.15, 0.2) is 45.3 Å². The zero-order valence-corrected chi connectivity index (χ0v) is 21.2. The first kappa shape index (κ1) is 25.4. The van der Waals surface area contributed by atoms with Crippen LogP contribution in [-0.4, -0.2) is 40.2 Å². The quantitative estimate of drug-likeness (QED) is 0.344. The summed E-state index contributed by atoms with van der Waals surface area (Å²) in [5, 5.41) is 15.8. The molecule has 0 radical (unpaired) electrons. The van der Waals surface area contributed by atoms with E-state index in [0.717, 1.165) is 28.5 Å². The molecule has 0 aliphatic rings. The summed E-state index contributed by atoms with van der Waals surface area (Å²) in [5.41, 5.74) is 2.09. The highest BCUT2D eigenvalue weighted by molar-refractivity contribution is 8.00. The predicted molar refractivity (Wildman–Crippen MR) is 134 cm³/mol. The van der Waals surface area contributed by atoms with Gasteiger partial charge in [0.25, 0.3) is 0 Å². The Morgan fingerprint density at radius 2 is 1.91 bits per heavy atom. The number of oxazole rings is 1. The lowest BCUT2D eigenvalue weighted by Gasteiger charge is -2.12. The minimum absolute atomic E-state index is 0.0611. The topological polar surface area (TPSA) is 100 Å². The molecule has 0 saturated heterocycles. The molecule has 33 heavy (non-hydrogen) atoms. The number of nitrogens with zero attached hydrogens (tertiary/aromatic N) is 2. The van der Waals surface area contributed by atoms with Crippen molar-refractivity contribution >= 4 is 34.1 Å². The van der Waals surface area contributed by atoms with Crippen molar-refractivity contribution in [2.24, 2.45) is 0 Å². The third kappa shape index (κ3) is 8.26. The van der Waals surface area contributed by atoms with E-state index in [1.165, 1.54) is 16.9 Å². The molecule has 1 amide bonds. The van der Waals surface area contributed by atoms with Crippen LogP contribution in [0, 0.1) is 0 Å². The van der Waals surface area contributed by atoms with Gasteiger partial charge in [0.05, 0.1) is 35.4 Å². The van der Waals surface area contributed by atoms with Gasteiger partial charge in [-0.05, 0) is 31.0 Å². The molecule has 0 spiro atoms. The van der Waals surface area contributed by atoms with Gasteiger partial charge in [0.15, 0.2) is 5.13 Å². The van der Waals surface area contributed by atoms with Gasteiger partial charge in [-0.2, -0.15) is 0 Å². The molecule has 0 bridgehead atoms. The van der Waals surface area contributed by atoms with E-state index in [0.29, 0.717) is 23.2 Å². The Morgan fingerprint density at radius 3 is 2.58 bits per heavy atom. The summed E-state index contributed by atoms with van der Waals surface area (Å²) < 4.78 is 6.82. The molecular weight excluding hydrogens is 456 g/mol. The third-order valence-corrected chi connectivity index (χ3v) is 7.02. The average Bonchev–Trinajstić information content (AvgIpc) is 3.42. The van der Waals surface area contributed by atoms with Crippen molar-refractivity contribution < 1.29 is 14.3 Å². The average molecular weight is 489 g/mol. The summed E-state index contributed by atoms with van der Waals surface area (Å²) in [6, 6.07) is 8.14. The van der Waals surface area contributed by atoms with E-state index in [9.17, 15) is 4.79 Å². The number of hydrogen-bond acceptors (Lipinski definition) is 8. The van der Waals surface area contributed by atoms with Crippen molar-refractivity contribution in [3.05, 3.63) is 59.4 Å². The molecule has 178 valence electrons. The molecule has 0 aliphatic carbocycles. The van der Waals surface area contributed by atoms with Crippen molar-refractivity contribution in [3.8, 4) is 0 Å². The number of thioether (sulfide) groups is 1. The van der Waals surface area contributed by atoms with Crippen LogP contribution in [0.25, 0.3) is 0 Å². The van der Waals surface area contributed by atoms with Gasteiger partial charge in [-0.25, -0.2) is 9.97 Å². The van der Waals surface area contributed by atoms with Crippen molar-refractivity contribution in [2.75, 3.05) is 18.5 Å². The Labute approximate surface area is 203 Å². The number of hydrogen-bond donors (Lipinski definition) is 3. The highest BCUT2D eigenvalue weighted by atomic mass is 32.2. The second-order valence-corrected chi connectivity index (χ2v) is 11.3. The van der Waals surface area contributed by atoms with Gasteiger partial charge in [-0.3, -0.25) is 4.79 Å². The minimum atomic E-state index is -0.0883. The number of aromatic nitrogens is 2. The summed E-state index contributed by atoms with van der Waals surface area (Å²) >= 11 is 3.03. The Kier molecular flexibility index (Phi) is 9.08. The van der Waals surface area contributed by atoms with E-state index in [1.54, 1.807) is 24.2 Å². The lowest BCUT2D eigenvalue weighted by Crippen LogP contribution is -2.30. The fourth-order valence-corrected chi connectivity index (χ4v) is 4.68. The summed E-state index contributed by atoms with van der Waals surface area (Å²) in [6.07, 6.45) is 4.73. The molecule has 3 rings (SSSR count). The highest BCUT2D eigenvalue weighted by Crippen LogP contribution is 2.31. The molecule has 3 aromatic rings. The van der Waals surface area contributed by atoms with Crippen LogP contribution < -0.4 is 10.6 Å².